The average molecular weight is 493 g/mol. The van der Waals surface area contributed by atoms with Crippen LogP contribution in [0.1, 0.15) is 21.5 Å². The molecule has 0 aliphatic heterocycles. The fourth-order valence-corrected chi connectivity index (χ4v) is 4.19. The van der Waals surface area contributed by atoms with E-state index in [1.807, 2.05) is 43.3 Å². The highest BCUT2D eigenvalue weighted by Crippen LogP contribution is 2.29. The van der Waals surface area contributed by atoms with E-state index in [1.54, 1.807) is 30.4 Å². The molecule has 0 saturated heterocycles. The molecular weight excluding hydrogens is 478 g/mol. The number of aromatic nitrogens is 2. The molecule has 0 saturated carbocycles. The summed E-state index contributed by atoms with van der Waals surface area (Å²) in [5.41, 5.74) is 3.50. The first-order chi connectivity index (χ1) is 12.5. The van der Waals surface area contributed by atoms with Crippen molar-refractivity contribution in [2.24, 2.45) is 0 Å². The van der Waals surface area contributed by atoms with Crippen LogP contribution in [-0.2, 0) is 5.75 Å². The van der Waals surface area contributed by atoms with E-state index in [0.29, 0.717) is 5.56 Å². The minimum atomic E-state index is -0.140. The number of carbonyl (C=O) groups is 1. The lowest BCUT2D eigenvalue weighted by molar-refractivity contribution is 0.102. The van der Waals surface area contributed by atoms with Gasteiger partial charge in [-0.15, -0.1) is 11.8 Å². The van der Waals surface area contributed by atoms with Gasteiger partial charge in [-0.3, -0.25) is 9.78 Å². The van der Waals surface area contributed by atoms with Crippen molar-refractivity contribution in [3.05, 3.63) is 80.6 Å². The lowest BCUT2D eigenvalue weighted by atomic mass is 10.1. The molecule has 0 unspecified atom stereocenters. The number of nitrogens with zero attached hydrogens (tertiary/aromatic N) is 2. The van der Waals surface area contributed by atoms with Crippen molar-refractivity contribution in [3.63, 3.8) is 0 Å². The standard InChI is InChI=1S/C19H15Br2N3OS/c1-12-16(20)8-15(9-17(12)21)24-19(25)14-4-2-3-13(7-14)11-26-18-10-22-5-6-23-18/h2-10H,11H2,1H3,(H,24,25). The summed E-state index contributed by atoms with van der Waals surface area (Å²) in [5.74, 6) is 0.584. The fraction of sp³-hybridized carbons (Fsp3) is 0.105. The summed E-state index contributed by atoms with van der Waals surface area (Å²) in [6, 6.07) is 11.4. The smallest absolute Gasteiger partial charge is 0.255 e. The maximum Gasteiger partial charge on any atom is 0.255 e. The molecule has 1 N–H and O–H groups in total. The highest BCUT2D eigenvalue weighted by molar-refractivity contribution is 9.11. The Labute approximate surface area is 173 Å². The number of amides is 1. The van der Waals surface area contributed by atoms with Crippen LogP contribution in [0.2, 0.25) is 0 Å². The lowest BCUT2D eigenvalue weighted by Gasteiger charge is -2.10. The summed E-state index contributed by atoms with van der Waals surface area (Å²) in [7, 11) is 0. The molecule has 0 radical (unpaired) electrons. The molecule has 0 atom stereocenters. The minimum Gasteiger partial charge on any atom is -0.322 e. The van der Waals surface area contributed by atoms with Crippen LogP contribution in [0.25, 0.3) is 0 Å². The van der Waals surface area contributed by atoms with Gasteiger partial charge in [0.25, 0.3) is 5.91 Å². The molecule has 0 aliphatic rings. The summed E-state index contributed by atoms with van der Waals surface area (Å²) >= 11 is 8.59. The first kappa shape index (κ1) is 19.1. The summed E-state index contributed by atoms with van der Waals surface area (Å²) < 4.78 is 1.88. The fourth-order valence-electron chi connectivity index (χ4n) is 2.24. The zero-order valence-electron chi connectivity index (χ0n) is 13.9. The minimum absolute atomic E-state index is 0.140. The summed E-state index contributed by atoms with van der Waals surface area (Å²) in [6.45, 7) is 2.00. The first-order valence-electron chi connectivity index (χ1n) is 7.77. The van der Waals surface area contributed by atoms with Crippen molar-refractivity contribution < 1.29 is 4.79 Å². The maximum atomic E-state index is 12.6. The van der Waals surface area contributed by atoms with Crippen LogP contribution in [0.3, 0.4) is 0 Å². The molecule has 0 spiro atoms. The van der Waals surface area contributed by atoms with Gasteiger partial charge >= 0.3 is 0 Å². The average Bonchev–Trinajstić information content (AvgIpc) is 2.65. The van der Waals surface area contributed by atoms with Crippen molar-refractivity contribution >= 4 is 55.2 Å². The molecule has 4 nitrogen and oxygen atoms in total. The van der Waals surface area contributed by atoms with Crippen molar-refractivity contribution in [1.82, 2.24) is 9.97 Å². The number of halogens is 2. The monoisotopic (exact) mass is 491 g/mol. The molecule has 132 valence electrons. The normalized spacial score (nSPS) is 10.6. The Morgan fingerprint density at radius 3 is 2.62 bits per heavy atom. The van der Waals surface area contributed by atoms with Crippen molar-refractivity contribution in [3.8, 4) is 0 Å². The zero-order valence-corrected chi connectivity index (χ0v) is 17.9. The molecule has 1 aromatic heterocycles. The lowest BCUT2D eigenvalue weighted by Crippen LogP contribution is -2.12. The van der Waals surface area contributed by atoms with Gasteiger partial charge in [-0.2, -0.15) is 0 Å². The van der Waals surface area contributed by atoms with E-state index >= 15 is 0 Å². The molecule has 0 bridgehead atoms. The highest BCUT2D eigenvalue weighted by Gasteiger charge is 2.10. The molecule has 1 heterocycles. The number of rotatable bonds is 5. The third kappa shape index (κ3) is 4.93. The number of carbonyl (C=O) groups excluding carboxylic acids is 1. The molecule has 0 fully saturated rings. The number of anilines is 1. The van der Waals surface area contributed by atoms with Gasteiger partial charge in [0.2, 0.25) is 0 Å². The van der Waals surface area contributed by atoms with Gasteiger partial charge in [0.1, 0.15) is 5.03 Å². The van der Waals surface area contributed by atoms with E-state index in [4.69, 9.17) is 0 Å². The van der Waals surface area contributed by atoms with Crippen molar-refractivity contribution in [1.29, 1.82) is 0 Å². The number of benzene rings is 2. The van der Waals surface area contributed by atoms with Gasteiger partial charge in [-0.1, -0.05) is 44.0 Å². The Kier molecular flexibility index (Phi) is 6.45. The van der Waals surface area contributed by atoms with Crippen LogP contribution in [0.15, 0.2) is 69.0 Å². The van der Waals surface area contributed by atoms with E-state index < -0.39 is 0 Å². The van der Waals surface area contributed by atoms with Gasteiger partial charge in [0.15, 0.2) is 0 Å². The quantitative estimate of drug-likeness (QED) is 0.453. The number of thioether (sulfide) groups is 1. The Morgan fingerprint density at radius 1 is 1.15 bits per heavy atom. The summed E-state index contributed by atoms with van der Waals surface area (Å²) in [4.78, 5) is 20.9. The van der Waals surface area contributed by atoms with Crippen molar-refractivity contribution in [2.45, 2.75) is 17.7 Å². The van der Waals surface area contributed by atoms with Crippen LogP contribution < -0.4 is 5.32 Å². The SMILES string of the molecule is Cc1c(Br)cc(NC(=O)c2cccc(CSc3cnccn3)c2)cc1Br. The van der Waals surface area contributed by atoms with E-state index in [1.165, 1.54) is 0 Å². The predicted octanol–water partition coefficient (Wildman–Crippen LogP) is 5.85. The van der Waals surface area contributed by atoms with Gasteiger partial charge < -0.3 is 5.32 Å². The van der Waals surface area contributed by atoms with Crippen LogP contribution in [-0.4, -0.2) is 15.9 Å². The third-order valence-electron chi connectivity index (χ3n) is 3.65. The van der Waals surface area contributed by atoms with Crippen molar-refractivity contribution in [2.75, 3.05) is 5.32 Å². The summed E-state index contributed by atoms with van der Waals surface area (Å²) in [6.07, 6.45) is 5.05. The Morgan fingerprint density at radius 2 is 1.92 bits per heavy atom. The molecule has 3 aromatic rings. The van der Waals surface area contributed by atoms with E-state index in [-0.39, 0.29) is 5.91 Å². The summed E-state index contributed by atoms with van der Waals surface area (Å²) in [5, 5.41) is 3.80. The topological polar surface area (TPSA) is 54.9 Å². The Balaban J connectivity index is 1.70. The van der Waals surface area contributed by atoms with Crippen LogP contribution >= 0.6 is 43.6 Å². The largest absolute Gasteiger partial charge is 0.322 e. The second-order valence-corrected chi connectivity index (χ2v) is 8.26. The molecule has 2 aromatic carbocycles. The number of hydrogen-bond acceptors (Lipinski definition) is 4. The predicted molar refractivity (Wildman–Crippen MR) is 113 cm³/mol. The molecule has 1 amide bonds. The number of hydrogen-bond donors (Lipinski definition) is 1. The Bertz CT molecular complexity index is 912. The third-order valence-corrected chi connectivity index (χ3v) is 6.29. The molecule has 26 heavy (non-hydrogen) atoms. The second-order valence-electron chi connectivity index (χ2n) is 5.55. The van der Waals surface area contributed by atoms with Crippen LogP contribution in [0.5, 0.6) is 0 Å². The van der Waals surface area contributed by atoms with E-state index in [2.05, 4.69) is 47.1 Å². The van der Waals surface area contributed by atoms with Gasteiger partial charge in [-0.25, -0.2) is 4.98 Å². The maximum absolute atomic E-state index is 12.6. The zero-order chi connectivity index (χ0) is 18.5. The van der Waals surface area contributed by atoms with Gasteiger partial charge in [-0.05, 0) is 42.3 Å². The van der Waals surface area contributed by atoms with Gasteiger partial charge in [0, 0.05) is 38.3 Å². The second kappa shape index (κ2) is 8.79. The molecule has 7 heteroatoms. The molecule has 3 rings (SSSR count). The molecular formula is C19H15Br2N3OS. The molecule has 0 aliphatic carbocycles. The first-order valence-corrected chi connectivity index (χ1v) is 10.3. The van der Waals surface area contributed by atoms with Crippen LogP contribution in [0, 0.1) is 6.92 Å². The Hall–Kier alpha value is -1.70. The highest BCUT2D eigenvalue weighted by atomic mass is 79.9. The number of nitrogens with one attached hydrogen (secondary N) is 1. The van der Waals surface area contributed by atoms with E-state index in [0.717, 1.165) is 36.5 Å². The van der Waals surface area contributed by atoms with E-state index in [9.17, 15) is 4.79 Å². The van der Waals surface area contributed by atoms with Crippen LogP contribution in [0.4, 0.5) is 5.69 Å². The van der Waals surface area contributed by atoms with Gasteiger partial charge in [0.05, 0.1) is 6.20 Å².